The van der Waals surface area contributed by atoms with Gasteiger partial charge in [-0.2, -0.15) is 5.10 Å². The number of carbonyl (C=O) groups excluding carboxylic acids is 1. The lowest BCUT2D eigenvalue weighted by molar-refractivity contribution is -0.132. The molecule has 1 aliphatic rings. The molecule has 25 heavy (non-hydrogen) atoms. The topological polar surface area (TPSA) is 56.6 Å². The van der Waals surface area contributed by atoms with Crippen molar-refractivity contribution in [3.05, 3.63) is 41.2 Å². The fourth-order valence-electron chi connectivity index (χ4n) is 3.42. The van der Waals surface area contributed by atoms with Gasteiger partial charge in [-0.05, 0) is 32.9 Å². The normalized spacial score (nSPS) is 17.2. The van der Waals surface area contributed by atoms with Crippen LogP contribution in [-0.4, -0.2) is 46.9 Å². The van der Waals surface area contributed by atoms with E-state index in [0.717, 1.165) is 28.5 Å². The summed E-state index contributed by atoms with van der Waals surface area (Å²) < 4.78 is 13.5. The predicted molar refractivity (Wildman–Crippen MR) is 95.1 cm³/mol. The molecule has 0 unspecified atom stereocenters. The van der Waals surface area contributed by atoms with Gasteiger partial charge < -0.3 is 14.4 Å². The Labute approximate surface area is 148 Å². The highest BCUT2D eigenvalue weighted by atomic mass is 16.6. The smallest absolute Gasteiger partial charge is 0.229 e. The van der Waals surface area contributed by atoms with Crippen LogP contribution in [0.25, 0.3) is 0 Å². The third kappa shape index (κ3) is 3.34. The second-order valence-corrected chi connectivity index (χ2v) is 6.65. The maximum absolute atomic E-state index is 12.9. The highest BCUT2D eigenvalue weighted by Crippen LogP contribution is 2.31. The summed E-state index contributed by atoms with van der Waals surface area (Å²) in [6.45, 7) is 6.79. The SMILES string of the molecule is Cc1nn(C)c(C)c1[C@@H](C)C(=O)N(C)C[C@@H]1COc2ccccc2O1. The lowest BCUT2D eigenvalue weighted by atomic mass is 9.97. The second-order valence-electron chi connectivity index (χ2n) is 6.65. The summed E-state index contributed by atoms with van der Waals surface area (Å²) >= 11 is 0. The maximum atomic E-state index is 12.9. The molecule has 3 rings (SSSR count). The standard InChI is InChI=1S/C19H25N3O3/c1-12(18-13(2)20-22(5)14(18)3)19(23)21(4)10-15-11-24-16-8-6-7-9-17(16)25-15/h6-9,12,15H,10-11H2,1-5H3/t12-,15-/m1/s1. The number of benzene rings is 1. The lowest BCUT2D eigenvalue weighted by Gasteiger charge is -2.30. The van der Waals surface area contributed by atoms with Crippen LogP contribution in [0.4, 0.5) is 0 Å². The first-order valence-corrected chi connectivity index (χ1v) is 8.52. The van der Waals surface area contributed by atoms with E-state index in [1.54, 1.807) is 4.90 Å². The minimum atomic E-state index is -0.240. The molecule has 134 valence electrons. The van der Waals surface area contributed by atoms with Crippen LogP contribution in [0.3, 0.4) is 0 Å². The van der Waals surface area contributed by atoms with Crippen molar-refractivity contribution in [2.24, 2.45) is 7.05 Å². The molecule has 1 amide bonds. The van der Waals surface area contributed by atoms with Crippen molar-refractivity contribution in [3.8, 4) is 11.5 Å². The molecule has 1 aliphatic heterocycles. The first-order valence-electron chi connectivity index (χ1n) is 8.52. The number of nitrogens with zero attached hydrogens (tertiary/aromatic N) is 3. The number of amides is 1. The van der Waals surface area contributed by atoms with E-state index in [9.17, 15) is 4.79 Å². The van der Waals surface area contributed by atoms with Gasteiger partial charge in [0.25, 0.3) is 0 Å². The molecule has 0 aliphatic carbocycles. The Hall–Kier alpha value is -2.50. The molecule has 0 saturated heterocycles. The van der Waals surface area contributed by atoms with Gasteiger partial charge in [0.2, 0.25) is 5.91 Å². The van der Waals surface area contributed by atoms with Crippen LogP contribution in [0.2, 0.25) is 0 Å². The number of aryl methyl sites for hydroxylation is 2. The van der Waals surface area contributed by atoms with Gasteiger partial charge in [0, 0.05) is 25.4 Å². The summed E-state index contributed by atoms with van der Waals surface area (Å²) in [5, 5.41) is 4.42. The van der Waals surface area contributed by atoms with Crippen molar-refractivity contribution in [2.45, 2.75) is 32.8 Å². The number of hydrogen-bond donors (Lipinski definition) is 0. The Balaban J connectivity index is 1.67. The quantitative estimate of drug-likeness (QED) is 0.856. The van der Waals surface area contributed by atoms with Crippen molar-refractivity contribution in [2.75, 3.05) is 20.2 Å². The van der Waals surface area contributed by atoms with Crippen LogP contribution in [0.1, 0.15) is 29.8 Å². The molecule has 0 radical (unpaired) electrons. The van der Waals surface area contributed by atoms with E-state index in [4.69, 9.17) is 9.47 Å². The number of carbonyl (C=O) groups is 1. The van der Waals surface area contributed by atoms with Gasteiger partial charge in [-0.3, -0.25) is 9.48 Å². The van der Waals surface area contributed by atoms with Gasteiger partial charge in [-0.1, -0.05) is 12.1 Å². The summed E-state index contributed by atoms with van der Waals surface area (Å²) in [6.07, 6.45) is -0.174. The monoisotopic (exact) mass is 343 g/mol. The first kappa shape index (κ1) is 17.3. The molecule has 2 aromatic rings. The number of hydrogen-bond acceptors (Lipinski definition) is 4. The van der Waals surface area contributed by atoms with Gasteiger partial charge in [0.15, 0.2) is 17.6 Å². The molecule has 1 aromatic heterocycles. The highest BCUT2D eigenvalue weighted by molar-refractivity contribution is 5.83. The van der Waals surface area contributed by atoms with Crippen molar-refractivity contribution in [1.82, 2.24) is 14.7 Å². The number of para-hydroxylation sites is 2. The van der Waals surface area contributed by atoms with E-state index in [1.807, 2.05) is 63.8 Å². The first-order chi connectivity index (χ1) is 11.9. The van der Waals surface area contributed by atoms with Crippen molar-refractivity contribution in [1.29, 1.82) is 0 Å². The third-order valence-electron chi connectivity index (χ3n) is 4.79. The van der Waals surface area contributed by atoms with Crippen LogP contribution in [0.15, 0.2) is 24.3 Å². The molecule has 0 spiro atoms. The van der Waals surface area contributed by atoms with Gasteiger partial charge >= 0.3 is 0 Å². The van der Waals surface area contributed by atoms with E-state index in [-0.39, 0.29) is 17.9 Å². The van der Waals surface area contributed by atoms with Gasteiger partial charge in [0.05, 0.1) is 18.2 Å². The Kier molecular flexibility index (Phi) is 4.70. The summed E-state index contributed by atoms with van der Waals surface area (Å²) in [6, 6.07) is 7.60. The van der Waals surface area contributed by atoms with Crippen LogP contribution in [0, 0.1) is 13.8 Å². The summed E-state index contributed by atoms with van der Waals surface area (Å²) in [4.78, 5) is 14.6. The van der Waals surface area contributed by atoms with Crippen LogP contribution in [0.5, 0.6) is 11.5 Å². The summed E-state index contributed by atoms with van der Waals surface area (Å²) in [7, 11) is 3.71. The van der Waals surface area contributed by atoms with E-state index >= 15 is 0 Å². The summed E-state index contributed by atoms with van der Waals surface area (Å²) in [5.74, 6) is 1.30. The molecule has 0 saturated carbocycles. The van der Waals surface area contributed by atoms with Crippen molar-refractivity contribution >= 4 is 5.91 Å². The zero-order valence-corrected chi connectivity index (χ0v) is 15.4. The Morgan fingerprint density at radius 3 is 2.68 bits per heavy atom. The fourth-order valence-corrected chi connectivity index (χ4v) is 3.42. The zero-order valence-electron chi connectivity index (χ0n) is 15.4. The second kappa shape index (κ2) is 6.78. The molecule has 0 bridgehead atoms. The Bertz CT molecular complexity index is 784. The van der Waals surface area contributed by atoms with E-state index in [2.05, 4.69) is 5.10 Å². The van der Waals surface area contributed by atoms with Crippen LogP contribution in [-0.2, 0) is 11.8 Å². The average Bonchev–Trinajstić information content (AvgIpc) is 2.85. The number of ether oxygens (including phenoxy) is 2. The van der Waals surface area contributed by atoms with Gasteiger partial charge in [-0.15, -0.1) is 0 Å². The third-order valence-corrected chi connectivity index (χ3v) is 4.79. The molecule has 6 nitrogen and oxygen atoms in total. The molecule has 2 heterocycles. The minimum absolute atomic E-state index is 0.0571. The molecular formula is C19H25N3O3. The molecule has 6 heteroatoms. The Morgan fingerprint density at radius 1 is 1.36 bits per heavy atom. The summed E-state index contributed by atoms with van der Waals surface area (Å²) in [5.41, 5.74) is 2.93. The minimum Gasteiger partial charge on any atom is -0.486 e. The van der Waals surface area contributed by atoms with Crippen LogP contribution >= 0.6 is 0 Å². The molecule has 2 atom stereocenters. The number of aromatic nitrogens is 2. The number of fused-ring (bicyclic) bond motifs is 1. The van der Waals surface area contributed by atoms with Crippen LogP contribution < -0.4 is 9.47 Å². The number of rotatable bonds is 4. The number of likely N-dealkylation sites (N-methyl/N-ethyl adjacent to an activating group) is 1. The van der Waals surface area contributed by atoms with E-state index < -0.39 is 0 Å². The zero-order chi connectivity index (χ0) is 18.1. The lowest BCUT2D eigenvalue weighted by Crippen LogP contribution is -2.43. The van der Waals surface area contributed by atoms with Crippen molar-refractivity contribution in [3.63, 3.8) is 0 Å². The molecular weight excluding hydrogens is 318 g/mol. The molecule has 0 fully saturated rings. The largest absolute Gasteiger partial charge is 0.486 e. The van der Waals surface area contributed by atoms with E-state index in [1.165, 1.54) is 0 Å². The molecule has 1 aromatic carbocycles. The Morgan fingerprint density at radius 2 is 2.04 bits per heavy atom. The molecule has 0 N–H and O–H groups in total. The fraction of sp³-hybridized carbons (Fsp3) is 0.474. The highest BCUT2D eigenvalue weighted by Gasteiger charge is 2.28. The average molecular weight is 343 g/mol. The predicted octanol–water partition coefficient (Wildman–Crippen LogP) is 2.44. The van der Waals surface area contributed by atoms with Crippen molar-refractivity contribution < 1.29 is 14.3 Å². The van der Waals surface area contributed by atoms with E-state index in [0.29, 0.717) is 13.2 Å². The van der Waals surface area contributed by atoms with Gasteiger partial charge in [-0.25, -0.2) is 0 Å². The maximum Gasteiger partial charge on any atom is 0.229 e. The van der Waals surface area contributed by atoms with Gasteiger partial charge in [0.1, 0.15) is 6.61 Å².